The number of hydrogen-bond acceptors (Lipinski definition) is 4. The number of carboxylic acid groups (broad SMARTS) is 1. The van der Waals surface area contributed by atoms with Crippen molar-refractivity contribution in [2.75, 3.05) is 6.61 Å². The van der Waals surface area contributed by atoms with Crippen LogP contribution in [0, 0.1) is 11.7 Å². The molecule has 0 aliphatic carbocycles. The minimum Gasteiger partial charge on any atom is -0.488 e. The van der Waals surface area contributed by atoms with E-state index in [9.17, 15) is 14.3 Å². The summed E-state index contributed by atoms with van der Waals surface area (Å²) in [6.45, 7) is 11.7. The molecule has 0 aliphatic rings. The Kier molecular flexibility index (Phi) is 7.36. The lowest BCUT2D eigenvalue weighted by molar-refractivity contribution is -0.0109. The SMILES string of the molecule is CC(C)C[C@@](C)(COc1cnc(-c2ccnc3ccc(F)cc23)cc1Cl)N(C(=O)O)C(C)(C)C. The summed E-state index contributed by atoms with van der Waals surface area (Å²) in [4.78, 5) is 22.4. The number of halogens is 2. The zero-order valence-corrected chi connectivity index (χ0v) is 21.2. The Balaban J connectivity index is 1.92. The topological polar surface area (TPSA) is 75.6 Å². The van der Waals surface area contributed by atoms with E-state index < -0.39 is 17.2 Å². The van der Waals surface area contributed by atoms with Gasteiger partial charge in [0.1, 0.15) is 12.4 Å². The summed E-state index contributed by atoms with van der Waals surface area (Å²) in [6, 6.07) is 7.82. The summed E-state index contributed by atoms with van der Waals surface area (Å²) in [5.41, 5.74) is 0.494. The molecule has 2 heterocycles. The number of fused-ring (bicyclic) bond motifs is 1. The molecule has 0 fully saturated rings. The molecule has 0 unspecified atom stereocenters. The van der Waals surface area contributed by atoms with E-state index in [1.807, 2.05) is 41.5 Å². The van der Waals surface area contributed by atoms with Crippen LogP contribution < -0.4 is 4.74 Å². The first-order valence-corrected chi connectivity index (χ1v) is 11.6. The van der Waals surface area contributed by atoms with Crippen LogP contribution in [0.1, 0.15) is 48.0 Å². The average Bonchev–Trinajstić information content (AvgIpc) is 2.70. The third-order valence-corrected chi connectivity index (χ3v) is 5.88. The van der Waals surface area contributed by atoms with Gasteiger partial charge in [0, 0.05) is 22.7 Å². The molecule has 3 rings (SSSR count). The molecule has 2 aromatic heterocycles. The number of nitrogens with zero attached hydrogens (tertiary/aromatic N) is 3. The number of ether oxygens (including phenoxy) is 1. The molecule has 182 valence electrons. The lowest BCUT2D eigenvalue weighted by Crippen LogP contribution is -2.61. The van der Waals surface area contributed by atoms with Crippen LogP contribution in [0.4, 0.5) is 9.18 Å². The van der Waals surface area contributed by atoms with Gasteiger partial charge in [-0.15, -0.1) is 0 Å². The highest BCUT2D eigenvalue weighted by Crippen LogP contribution is 2.35. The molecule has 3 aromatic rings. The average molecular weight is 488 g/mol. The largest absolute Gasteiger partial charge is 0.488 e. The maximum Gasteiger partial charge on any atom is 0.408 e. The fraction of sp³-hybridized carbons (Fsp3) is 0.423. The van der Waals surface area contributed by atoms with Crippen LogP contribution in [0.25, 0.3) is 22.2 Å². The molecule has 8 heteroatoms. The Morgan fingerprint density at radius 3 is 2.47 bits per heavy atom. The van der Waals surface area contributed by atoms with Gasteiger partial charge in [-0.3, -0.25) is 14.9 Å². The van der Waals surface area contributed by atoms with E-state index in [0.717, 1.165) is 0 Å². The van der Waals surface area contributed by atoms with Gasteiger partial charge in [-0.2, -0.15) is 0 Å². The van der Waals surface area contributed by atoms with Gasteiger partial charge in [0.15, 0.2) is 5.75 Å². The summed E-state index contributed by atoms with van der Waals surface area (Å²) in [5.74, 6) is 0.234. The van der Waals surface area contributed by atoms with Crippen molar-refractivity contribution in [3.8, 4) is 17.0 Å². The third-order valence-electron chi connectivity index (χ3n) is 5.59. The number of aromatic nitrogens is 2. The molecule has 0 aliphatic heterocycles. The number of pyridine rings is 2. The maximum absolute atomic E-state index is 13.8. The molecule has 0 spiro atoms. The lowest BCUT2D eigenvalue weighted by atomic mass is 9.86. The number of amides is 1. The normalized spacial score (nSPS) is 13.7. The molecule has 0 radical (unpaired) electrons. The second kappa shape index (κ2) is 9.74. The Labute approximate surface area is 204 Å². The van der Waals surface area contributed by atoms with Crippen molar-refractivity contribution in [2.45, 2.75) is 59.0 Å². The zero-order valence-electron chi connectivity index (χ0n) is 20.4. The van der Waals surface area contributed by atoms with Crippen LogP contribution in [0.3, 0.4) is 0 Å². The maximum atomic E-state index is 13.8. The van der Waals surface area contributed by atoms with Crippen molar-refractivity contribution in [3.63, 3.8) is 0 Å². The van der Waals surface area contributed by atoms with Crippen molar-refractivity contribution in [3.05, 3.63) is 53.6 Å². The highest BCUT2D eigenvalue weighted by molar-refractivity contribution is 6.32. The standard InChI is InChI=1S/C26H31ClFN3O3/c1-16(2)13-26(6,31(24(32)33)25(3,4)5)15-34-23-14-30-22(12-20(23)27)18-9-10-29-21-8-7-17(28)11-19(18)21/h7-12,14,16H,13,15H2,1-6H3,(H,32,33)/t26-/m0/s1. The van der Waals surface area contributed by atoms with Gasteiger partial charge in [0.25, 0.3) is 0 Å². The summed E-state index contributed by atoms with van der Waals surface area (Å²) in [7, 11) is 0. The van der Waals surface area contributed by atoms with E-state index >= 15 is 0 Å². The molecule has 1 aromatic carbocycles. The summed E-state index contributed by atoms with van der Waals surface area (Å²) in [5, 5.41) is 10.9. The second-order valence-corrected chi connectivity index (χ2v) is 10.6. The molecule has 1 amide bonds. The quantitative estimate of drug-likeness (QED) is 0.386. The van der Waals surface area contributed by atoms with Crippen LogP contribution in [-0.4, -0.2) is 43.8 Å². The molecule has 1 N–H and O–H groups in total. The molecule has 0 saturated heterocycles. The van der Waals surface area contributed by atoms with Gasteiger partial charge in [-0.05, 0) is 70.4 Å². The van der Waals surface area contributed by atoms with Crippen molar-refractivity contribution in [1.82, 2.24) is 14.9 Å². The van der Waals surface area contributed by atoms with E-state index in [1.165, 1.54) is 23.2 Å². The monoisotopic (exact) mass is 487 g/mol. The van der Waals surface area contributed by atoms with Crippen LogP contribution in [-0.2, 0) is 0 Å². The highest BCUT2D eigenvalue weighted by atomic mass is 35.5. The molecular weight excluding hydrogens is 457 g/mol. The van der Waals surface area contributed by atoms with Crippen LogP contribution >= 0.6 is 11.6 Å². The Bertz CT molecular complexity index is 1200. The fourth-order valence-electron chi connectivity index (χ4n) is 4.67. The smallest absolute Gasteiger partial charge is 0.408 e. The van der Waals surface area contributed by atoms with E-state index in [0.29, 0.717) is 39.4 Å². The van der Waals surface area contributed by atoms with E-state index in [2.05, 4.69) is 9.97 Å². The number of rotatable bonds is 7. The summed E-state index contributed by atoms with van der Waals surface area (Å²) >= 11 is 6.54. The third kappa shape index (κ3) is 5.58. The first-order chi connectivity index (χ1) is 15.8. The van der Waals surface area contributed by atoms with Crippen molar-refractivity contribution < 1.29 is 19.0 Å². The Morgan fingerprint density at radius 2 is 1.88 bits per heavy atom. The van der Waals surface area contributed by atoms with Crippen LogP contribution in [0.5, 0.6) is 5.75 Å². The van der Waals surface area contributed by atoms with Gasteiger partial charge in [-0.1, -0.05) is 25.4 Å². The minimum atomic E-state index is -1.00. The second-order valence-electron chi connectivity index (χ2n) is 10.2. The predicted octanol–water partition coefficient (Wildman–Crippen LogP) is 7.05. The van der Waals surface area contributed by atoms with Gasteiger partial charge in [0.2, 0.25) is 0 Å². The predicted molar refractivity (Wildman–Crippen MR) is 133 cm³/mol. The van der Waals surface area contributed by atoms with E-state index in [-0.39, 0.29) is 18.3 Å². The highest BCUT2D eigenvalue weighted by Gasteiger charge is 2.43. The number of hydrogen-bond donors (Lipinski definition) is 1. The molecule has 1 atom stereocenters. The van der Waals surface area contributed by atoms with Crippen LogP contribution in [0.2, 0.25) is 5.02 Å². The summed E-state index contributed by atoms with van der Waals surface area (Å²) in [6.07, 6.45) is 2.76. The Morgan fingerprint density at radius 1 is 1.18 bits per heavy atom. The first-order valence-electron chi connectivity index (χ1n) is 11.2. The zero-order chi connectivity index (χ0) is 25.3. The van der Waals surface area contributed by atoms with Gasteiger partial charge >= 0.3 is 6.09 Å². The molecule has 6 nitrogen and oxygen atoms in total. The molecule has 0 saturated carbocycles. The Hall–Kier alpha value is -2.93. The van der Waals surface area contributed by atoms with Gasteiger partial charge in [0.05, 0.1) is 28.0 Å². The summed E-state index contributed by atoms with van der Waals surface area (Å²) < 4.78 is 19.9. The molecule has 34 heavy (non-hydrogen) atoms. The number of carbonyl (C=O) groups is 1. The minimum absolute atomic E-state index is 0.110. The fourth-order valence-corrected chi connectivity index (χ4v) is 4.88. The first kappa shape index (κ1) is 25.7. The van der Waals surface area contributed by atoms with E-state index in [1.54, 1.807) is 24.4 Å². The van der Waals surface area contributed by atoms with E-state index in [4.69, 9.17) is 16.3 Å². The van der Waals surface area contributed by atoms with Crippen molar-refractivity contribution in [2.24, 2.45) is 5.92 Å². The lowest BCUT2D eigenvalue weighted by Gasteiger charge is -2.47. The van der Waals surface area contributed by atoms with Crippen molar-refractivity contribution >= 4 is 28.6 Å². The van der Waals surface area contributed by atoms with Crippen LogP contribution in [0.15, 0.2) is 42.7 Å². The molecular formula is C26H31ClFN3O3. The number of benzene rings is 1. The van der Waals surface area contributed by atoms with Crippen molar-refractivity contribution in [1.29, 1.82) is 0 Å². The van der Waals surface area contributed by atoms with Gasteiger partial charge < -0.3 is 9.84 Å². The van der Waals surface area contributed by atoms with Gasteiger partial charge in [-0.25, -0.2) is 9.18 Å². The molecule has 0 bridgehead atoms.